The van der Waals surface area contributed by atoms with Crippen LogP contribution in [0.15, 0.2) is 30.5 Å². The fourth-order valence-electron chi connectivity index (χ4n) is 1.51. The Morgan fingerprint density at radius 3 is 2.80 bits per heavy atom. The molecular weight excluding hydrogens is 286 g/mol. The zero-order chi connectivity index (χ0) is 14.7. The number of hydrogen-bond donors (Lipinski definition) is 0. The number of nitrogens with zero attached hydrogens (tertiary/aromatic N) is 3. The van der Waals surface area contributed by atoms with Crippen LogP contribution in [0, 0.1) is 10.1 Å². The minimum Gasteiger partial charge on any atom is -0.465 e. The summed E-state index contributed by atoms with van der Waals surface area (Å²) in [5.74, 6) is -0.466. The number of benzene rings is 1. The van der Waals surface area contributed by atoms with Crippen LogP contribution in [0.4, 0.5) is 5.69 Å². The van der Waals surface area contributed by atoms with Gasteiger partial charge in [-0.15, -0.1) is 0 Å². The van der Waals surface area contributed by atoms with E-state index < -0.39 is 10.9 Å². The Balaban J connectivity index is 2.44. The second kappa shape index (κ2) is 5.62. The summed E-state index contributed by atoms with van der Waals surface area (Å²) < 4.78 is 4.52. The highest BCUT2D eigenvalue weighted by Crippen LogP contribution is 2.23. The SMILES string of the molecule is COC(=O)c1cnc(-c2cccc([N+](=O)[O-])c2)nc1Cl. The molecule has 0 saturated carbocycles. The standard InChI is InChI=1S/C12H8ClN3O4/c1-20-12(17)9-6-14-11(15-10(9)13)7-3-2-4-8(5-7)16(18)19/h2-6H,1H3. The lowest BCUT2D eigenvalue weighted by Crippen LogP contribution is -2.05. The van der Waals surface area contributed by atoms with Crippen LogP contribution >= 0.6 is 11.6 Å². The number of halogens is 1. The molecule has 0 atom stereocenters. The molecule has 8 heteroatoms. The third-order valence-corrected chi connectivity index (χ3v) is 2.75. The Hall–Kier alpha value is -2.54. The number of non-ortho nitro benzene ring substituents is 1. The van der Waals surface area contributed by atoms with E-state index in [1.54, 1.807) is 6.07 Å². The molecule has 0 spiro atoms. The van der Waals surface area contributed by atoms with Gasteiger partial charge < -0.3 is 4.74 Å². The molecule has 0 aliphatic carbocycles. The van der Waals surface area contributed by atoms with E-state index in [0.717, 1.165) is 0 Å². The summed E-state index contributed by atoms with van der Waals surface area (Å²) in [5.41, 5.74) is 0.375. The summed E-state index contributed by atoms with van der Waals surface area (Å²) in [6.07, 6.45) is 1.22. The Morgan fingerprint density at radius 2 is 2.20 bits per heavy atom. The fraction of sp³-hybridized carbons (Fsp3) is 0.0833. The third-order valence-electron chi connectivity index (χ3n) is 2.46. The predicted octanol–water partition coefficient (Wildman–Crippen LogP) is 2.49. The molecular formula is C12H8ClN3O4. The van der Waals surface area contributed by atoms with Crippen LogP contribution in [0.2, 0.25) is 5.15 Å². The van der Waals surface area contributed by atoms with Gasteiger partial charge in [0.15, 0.2) is 5.82 Å². The third kappa shape index (κ3) is 2.72. The largest absolute Gasteiger partial charge is 0.465 e. The number of nitro benzene ring substituents is 1. The molecule has 20 heavy (non-hydrogen) atoms. The van der Waals surface area contributed by atoms with Gasteiger partial charge in [-0.1, -0.05) is 23.7 Å². The van der Waals surface area contributed by atoms with Gasteiger partial charge in [0.1, 0.15) is 10.7 Å². The van der Waals surface area contributed by atoms with Gasteiger partial charge in [-0.3, -0.25) is 10.1 Å². The highest BCUT2D eigenvalue weighted by molar-refractivity contribution is 6.32. The van der Waals surface area contributed by atoms with Crippen molar-refractivity contribution in [1.29, 1.82) is 0 Å². The van der Waals surface area contributed by atoms with Crippen molar-refractivity contribution in [1.82, 2.24) is 9.97 Å². The Kier molecular flexibility index (Phi) is 3.90. The molecule has 0 saturated heterocycles. The first kappa shape index (κ1) is 13.9. The predicted molar refractivity (Wildman–Crippen MR) is 70.5 cm³/mol. The van der Waals surface area contributed by atoms with Gasteiger partial charge >= 0.3 is 5.97 Å². The van der Waals surface area contributed by atoms with Crippen molar-refractivity contribution >= 4 is 23.3 Å². The number of ether oxygens (including phenoxy) is 1. The van der Waals surface area contributed by atoms with Crippen molar-refractivity contribution in [3.8, 4) is 11.4 Å². The summed E-state index contributed by atoms with van der Waals surface area (Å²) in [6, 6.07) is 5.80. The molecule has 0 unspecified atom stereocenters. The maximum atomic E-state index is 11.3. The number of hydrogen-bond acceptors (Lipinski definition) is 6. The lowest BCUT2D eigenvalue weighted by atomic mass is 10.2. The van der Waals surface area contributed by atoms with Crippen molar-refractivity contribution in [2.75, 3.05) is 7.11 Å². The topological polar surface area (TPSA) is 95.2 Å². The van der Waals surface area contributed by atoms with E-state index in [9.17, 15) is 14.9 Å². The number of nitro groups is 1. The first-order valence-electron chi connectivity index (χ1n) is 5.38. The Morgan fingerprint density at radius 1 is 1.45 bits per heavy atom. The summed E-state index contributed by atoms with van der Waals surface area (Å²) in [4.78, 5) is 29.4. The van der Waals surface area contributed by atoms with Crippen LogP contribution < -0.4 is 0 Å². The van der Waals surface area contributed by atoms with E-state index >= 15 is 0 Å². The quantitative estimate of drug-likeness (QED) is 0.373. The Bertz CT molecular complexity index is 690. The molecule has 2 rings (SSSR count). The fourth-order valence-corrected chi connectivity index (χ4v) is 1.71. The van der Waals surface area contributed by atoms with Crippen LogP contribution in [0.3, 0.4) is 0 Å². The molecule has 0 aliphatic rings. The monoisotopic (exact) mass is 293 g/mol. The van der Waals surface area contributed by atoms with E-state index in [-0.39, 0.29) is 22.2 Å². The maximum absolute atomic E-state index is 11.3. The van der Waals surface area contributed by atoms with Gasteiger partial charge in [0.2, 0.25) is 0 Å². The van der Waals surface area contributed by atoms with Crippen LogP contribution in [0.1, 0.15) is 10.4 Å². The molecule has 1 aromatic carbocycles. The molecule has 0 bridgehead atoms. The van der Waals surface area contributed by atoms with E-state index in [1.165, 1.54) is 31.5 Å². The number of carbonyl (C=O) groups is 1. The van der Waals surface area contributed by atoms with Gasteiger partial charge in [-0.05, 0) is 0 Å². The van der Waals surface area contributed by atoms with Crippen LogP contribution in [0.25, 0.3) is 11.4 Å². The molecule has 0 N–H and O–H groups in total. The van der Waals surface area contributed by atoms with Crippen LogP contribution in [-0.2, 0) is 4.74 Å². The summed E-state index contributed by atoms with van der Waals surface area (Å²) in [7, 11) is 1.22. The first-order valence-corrected chi connectivity index (χ1v) is 5.76. The highest BCUT2D eigenvalue weighted by atomic mass is 35.5. The summed E-state index contributed by atoms with van der Waals surface area (Å²) in [6.45, 7) is 0. The molecule has 0 aliphatic heterocycles. The molecule has 0 fully saturated rings. The van der Waals surface area contributed by atoms with Crippen LogP contribution in [0.5, 0.6) is 0 Å². The van der Waals surface area contributed by atoms with E-state index in [0.29, 0.717) is 5.56 Å². The van der Waals surface area contributed by atoms with Crippen molar-refractivity contribution in [2.45, 2.75) is 0 Å². The molecule has 0 radical (unpaired) electrons. The molecule has 1 heterocycles. The summed E-state index contributed by atoms with van der Waals surface area (Å²) in [5, 5.41) is 10.6. The lowest BCUT2D eigenvalue weighted by Gasteiger charge is -2.04. The van der Waals surface area contributed by atoms with Crippen molar-refractivity contribution in [3.05, 3.63) is 51.3 Å². The number of aromatic nitrogens is 2. The number of carbonyl (C=O) groups excluding carboxylic acids is 1. The number of methoxy groups -OCH3 is 1. The molecule has 102 valence electrons. The van der Waals surface area contributed by atoms with Gasteiger partial charge in [0.25, 0.3) is 5.69 Å². The second-order valence-electron chi connectivity index (χ2n) is 3.70. The zero-order valence-corrected chi connectivity index (χ0v) is 11.0. The normalized spacial score (nSPS) is 10.1. The number of esters is 1. The molecule has 1 aromatic heterocycles. The highest BCUT2D eigenvalue weighted by Gasteiger charge is 2.15. The van der Waals surface area contributed by atoms with E-state index in [4.69, 9.17) is 11.6 Å². The van der Waals surface area contributed by atoms with Gasteiger partial charge in [0.05, 0.1) is 12.0 Å². The van der Waals surface area contributed by atoms with Gasteiger partial charge in [-0.2, -0.15) is 0 Å². The van der Waals surface area contributed by atoms with Gasteiger partial charge in [-0.25, -0.2) is 14.8 Å². The summed E-state index contributed by atoms with van der Waals surface area (Å²) >= 11 is 5.87. The lowest BCUT2D eigenvalue weighted by molar-refractivity contribution is -0.384. The first-order chi connectivity index (χ1) is 9.52. The zero-order valence-electron chi connectivity index (χ0n) is 10.2. The number of rotatable bonds is 3. The minimum atomic E-state index is -0.652. The minimum absolute atomic E-state index is 0.0309. The van der Waals surface area contributed by atoms with Crippen molar-refractivity contribution in [3.63, 3.8) is 0 Å². The van der Waals surface area contributed by atoms with Gasteiger partial charge in [0, 0.05) is 23.9 Å². The molecule has 7 nitrogen and oxygen atoms in total. The Labute approximate surface area is 118 Å². The van der Waals surface area contributed by atoms with Crippen molar-refractivity contribution < 1.29 is 14.5 Å². The second-order valence-corrected chi connectivity index (χ2v) is 4.06. The maximum Gasteiger partial charge on any atom is 0.342 e. The molecule has 2 aromatic rings. The smallest absolute Gasteiger partial charge is 0.342 e. The van der Waals surface area contributed by atoms with E-state index in [1.807, 2.05) is 0 Å². The van der Waals surface area contributed by atoms with E-state index in [2.05, 4.69) is 14.7 Å². The average molecular weight is 294 g/mol. The average Bonchev–Trinajstić information content (AvgIpc) is 2.46. The van der Waals surface area contributed by atoms with Crippen molar-refractivity contribution in [2.24, 2.45) is 0 Å². The molecule has 0 amide bonds. The van der Waals surface area contributed by atoms with Crippen LogP contribution in [-0.4, -0.2) is 28.0 Å².